The van der Waals surface area contributed by atoms with E-state index < -0.39 is 0 Å². The minimum Gasteiger partial charge on any atom is -0.368 e. The number of rotatable bonds is 5. The Bertz CT molecular complexity index is 869. The maximum Gasteiger partial charge on any atom is 0.222 e. The number of halogens is 2. The van der Waals surface area contributed by atoms with Gasteiger partial charge in [0.2, 0.25) is 5.95 Å². The SMILES string of the molecule is Cl.Cl.Nc1nc(NCc2cc(-c3cccnc3)no2)cc(C2CC(N)C2)n1. The molecule has 4 rings (SSSR count). The van der Waals surface area contributed by atoms with E-state index in [1.165, 1.54) is 0 Å². The first-order chi connectivity index (χ1) is 12.2. The van der Waals surface area contributed by atoms with Gasteiger partial charge in [-0.1, -0.05) is 5.16 Å². The molecule has 0 unspecified atom stereocenters. The normalized spacial score (nSPS) is 18.0. The van der Waals surface area contributed by atoms with E-state index in [1.54, 1.807) is 12.4 Å². The van der Waals surface area contributed by atoms with E-state index in [2.05, 4.69) is 25.4 Å². The Labute approximate surface area is 169 Å². The quantitative estimate of drug-likeness (QED) is 0.586. The molecule has 0 saturated heterocycles. The summed E-state index contributed by atoms with van der Waals surface area (Å²) < 4.78 is 5.36. The Hall–Kier alpha value is -2.42. The van der Waals surface area contributed by atoms with Crippen molar-refractivity contribution in [3.8, 4) is 11.3 Å². The predicted octanol–water partition coefficient (Wildman–Crippen LogP) is 2.77. The van der Waals surface area contributed by atoms with Gasteiger partial charge >= 0.3 is 0 Å². The molecular weight excluding hydrogens is 389 g/mol. The van der Waals surface area contributed by atoms with Crippen LogP contribution in [0.5, 0.6) is 0 Å². The highest BCUT2D eigenvalue weighted by Crippen LogP contribution is 2.35. The highest BCUT2D eigenvalue weighted by Gasteiger charge is 2.29. The van der Waals surface area contributed by atoms with E-state index >= 15 is 0 Å². The molecule has 0 spiro atoms. The van der Waals surface area contributed by atoms with Crippen molar-refractivity contribution in [2.75, 3.05) is 11.1 Å². The molecular formula is C17H21Cl2N7O. The lowest BCUT2D eigenvalue weighted by Gasteiger charge is -2.32. The van der Waals surface area contributed by atoms with Gasteiger partial charge in [-0.2, -0.15) is 4.98 Å². The van der Waals surface area contributed by atoms with Crippen LogP contribution >= 0.6 is 24.8 Å². The Morgan fingerprint density at radius 3 is 2.70 bits per heavy atom. The number of nitrogens with one attached hydrogen (secondary N) is 1. The molecule has 0 bridgehead atoms. The molecule has 0 atom stereocenters. The average Bonchev–Trinajstić information content (AvgIpc) is 3.06. The largest absolute Gasteiger partial charge is 0.368 e. The number of nitrogens with two attached hydrogens (primary N) is 2. The van der Waals surface area contributed by atoms with Crippen LogP contribution in [0.4, 0.5) is 11.8 Å². The van der Waals surface area contributed by atoms with Crippen LogP contribution in [-0.4, -0.2) is 26.2 Å². The molecule has 10 heteroatoms. The summed E-state index contributed by atoms with van der Waals surface area (Å²) in [5.41, 5.74) is 14.3. The predicted molar refractivity (Wildman–Crippen MR) is 108 cm³/mol. The number of pyridine rings is 1. The molecule has 3 aromatic rings. The van der Waals surface area contributed by atoms with Crippen molar-refractivity contribution < 1.29 is 4.52 Å². The summed E-state index contributed by atoms with van der Waals surface area (Å²) >= 11 is 0. The number of nitrogens with zero attached hydrogens (tertiary/aromatic N) is 4. The van der Waals surface area contributed by atoms with Gasteiger partial charge in [0.1, 0.15) is 11.5 Å². The maximum atomic E-state index is 5.85. The van der Waals surface area contributed by atoms with Crippen molar-refractivity contribution >= 4 is 36.6 Å². The lowest BCUT2D eigenvalue weighted by atomic mass is 9.78. The average molecular weight is 410 g/mol. The molecule has 5 N–H and O–H groups in total. The second-order valence-corrected chi connectivity index (χ2v) is 6.24. The molecule has 1 saturated carbocycles. The van der Waals surface area contributed by atoms with E-state index in [1.807, 2.05) is 24.3 Å². The monoisotopic (exact) mass is 409 g/mol. The first kappa shape index (κ1) is 20.9. The van der Waals surface area contributed by atoms with E-state index in [-0.39, 0.29) is 36.8 Å². The van der Waals surface area contributed by atoms with E-state index in [9.17, 15) is 0 Å². The third-order valence-electron chi connectivity index (χ3n) is 4.32. The minimum absolute atomic E-state index is 0. The van der Waals surface area contributed by atoms with Gasteiger partial charge in [-0.3, -0.25) is 4.98 Å². The lowest BCUT2D eigenvalue weighted by molar-refractivity contribution is 0.345. The summed E-state index contributed by atoms with van der Waals surface area (Å²) in [6.45, 7) is 0.452. The van der Waals surface area contributed by atoms with Crippen molar-refractivity contribution in [1.82, 2.24) is 20.1 Å². The highest BCUT2D eigenvalue weighted by molar-refractivity contribution is 5.85. The van der Waals surface area contributed by atoms with Crippen molar-refractivity contribution in [3.05, 3.63) is 48.1 Å². The van der Waals surface area contributed by atoms with Crippen LogP contribution in [0.25, 0.3) is 11.3 Å². The van der Waals surface area contributed by atoms with Crippen LogP contribution in [0.2, 0.25) is 0 Å². The molecule has 0 aromatic carbocycles. The van der Waals surface area contributed by atoms with Crippen LogP contribution in [0.3, 0.4) is 0 Å². The molecule has 3 heterocycles. The molecule has 27 heavy (non-hydrogen) atoms. The van der Waals surface area contributed by atoms with E-state index in [0.717, 1.165) is 29.8 Å². The Balaban J connectivity index is 0.00000131. The molecule has 1 aliphatic rings. The van der Waals surface area contributed by atoms with Crippen LogP contribution in [-0.2, 0) is 6.54 Å². The van der Waals surface area contributed by atoms with Gasteiger partial charge in [-0.05, 0) is 25.0 Å². The second kappa shape index (κ2) is 8.98. The molecule has 1 fully saturated rings. The van der Waals surface area contributed by atoms with Crippen molar-refractivity contribution in [2.24, 2.45) is 5.73 Å². The highest BCUT2D eigenvalue weighted by atomic mass is 35.5. The zero-order valence-corrected chi connectivity index (χ0v) is 16.0. The zero-order valence-electron chi connectivity index (χ0n) is 14.4. The summed E-state index contributed by atoms with van der Waals surface area (Å²) in [5, 5.41) is 7.28. The standard InChI is InChI=1S/C17H19N7O.2ClH/c18-12-4-11(5-12)14-7-16(23-17(19)22-14)21-9-13-6-15(24-25-13)10-2-1-3-20-8-10;;/h1-3,6-8,11-12H,4-5,9,18H2,(H3,19,21,22,23);2*1H. The maximum absolute atomic E-state index is 5.85. The lowest BCUT2D eigenvalue weighted by Crippen LogP contribution is -2.35. The van der Waals surface area contributed by atoms with Gasteiger partial charge in [0.05, 0.1) is 12.2 Å². The molecule has 0 aliphatic heterocycles. The molecule has 8 nitrogen and oxygen atoms in total. The molecule has 144 valence electrons. The molecule has 0 radical (unpaired) electrons. The van der Waals surface area contributed by atoms with Gasteiger partial charge in [0.25, 0.3) is 0 Å². The third kappa shape index (κ3) is 4.85. The van der Waals surface area contributed by atoms with E-state index in [0.29, 0.717) is 24.0 Å². The van der Waals surface area contributed by atoms with Crippen molar-refractivity contribution in [1.29, 1.82) is 0 Å². The van der Waals surface area contributed by atoms with Crippen LogP contribution < -0.4 is 16.8 Å². The van der Waals surface area contributed by atoms with E-state index in [4.69, 9.17) is 16.0 Å². The fraction of sp³-hybridized carbons (Fsp3) is 0.294. The third-order valence-corrected chi connectivity index (χ3v) is 4.32. The first-order valence-electron chi connectivity index (χ1n) is 8.17. The fourth-order valence-electron chi connectivity index (χ4n) is 2.91. The Kier molecular flexibility index (Phi) is 6.95. The fourth-order valence-corrected chi connectivity index (χ4v) is 2.91. The summed E-state index contributed by atoms with van der Waals surface area (Å²) in [5.74, 6) is 1.99. The number of hydrogen-bond acceptors (Lipinski definition) is 8. The van der Waals surface area contributed by atoms with Crippen LogP contribution in [0.1, 0.15) is 30.2 Å². The molecule has 0 amide bonds. The summed E-state index contributed by atoms with van der Waals surface area (Å²) in [4.78, 5) is 12.6. The Morgan fingerprint density at radius 1 is 1.19 bits per heavy atom. The Morgan fingerprint density at radius 2 is 2.00 bits per heavy atom. The van der Waals surface area contributed by atoms with Gasteiger partial charge in [0.15, 0.2) is 5.76 Å². The minimum atomic E-state index is 0. The first-order valence-corrected chi connectivity index (χ1v) is 8.17. The van der Waals surface area contributed by atoms with Crippen molar-refractivity contribution in [2.45, 2.75) is 31.3 Å². The van der Waals surface area contributed by atoms with Gasteiger partial charge in [-0.25, -0.2) is 4.98 Å². The summed E-state index contributed by atoms with van der Waals surface area (Å²) in [6.07, 6.45) is 5.34. The number of anilines is 2. The summed E-state index contributed by atoms with van der Waals surface area (Å²) in [7, 11) is 0. The van der Waals surface area contributed by atoms with Crippen molar-refractivity contribution in [3.63, 3.8) is 0 Å². The zero-order chi connectivity index (χ0) is 17.2. The van der Waals surface area contributed by atoms with Gasteiger partial charge in [0, 0.05) is 42.0 Å². The van der Waals surface area contributed by atoms with Crippen LogP contribution in [0, 0.1) is 0 Å². The topological polar surface area (TPSA) is 129 Å². The van der Waals surface area contributed by atoms with Gasteiger partial charge < -0.3 is 21.3 Å². The summed E-state index contributed by atoms with van der Waals surface area (Å²) in [6, 6.07) is 7.85. The smallest absolute Gasteiger partial charge is 0.222 e. The molecule has 3 aromatic heterocycles. The number of nitrogen functional groups attached to an aromatic ring is 1. The second-order valence-electron chi connectivity index (χ2n) is 6.24. The van der Waals surface area contributed by atoms with Gasteiger partial charge in [-0.15, -0.1) is 24.8 Å². The molecule has 1 aliphatic carbocycles. The number of aromatic nitrogens is 4. The number of hydrogen-bond donors (Lipinski definition) is 3. The van der Waals surface area contributed by atoms with Crippen LogP contribution in [0.15, 0.2) is 41.2 Å².